The zero-order chi connectivity index (χ0) is 25.3. The maximum Gasteiger partial charge on any atom is 0.416 e. The second-order valence-electron chi connectivity index (χ2n) is 8.29. The van der Waals surface area contributed by atoms with Gasteiger partial charge in [0.2, 0.25) is 0 Å². The van der Waals surface area contributed by atoms with Crippen molar-refractivity contribution in [2.45, 2.75) is 6.18 Å². The summed E-state index contributed by atoms with van der Waals surface area (Å²) in [5, 5.41) is 9.19. The zero-order valence-electron chi connectivity index (χ0n) is 19.3. The number of benzene rings is 3. The number of nitrogens with one attached hydrogen (secondary N) is 1. The highest BCUT2D eigenvalue weighted by molar-refractivity contribution is 8.14. The number of hydrogen-bond donors (Lipinski definition) is 1. The van der Waals surface area contributed by atoms with Gasteiger partial charge in [0.15, 0.2) is 0 Å². The molecule has 1 aliphatic rings. The Labute approximate surface area is 209 Å². The van der Waals surface area contributed by atoms with E-state index in [-0.39, 0.29) is 5.24 Å². The Morgan fingerprint density at radius 1 is 1.00 bits per heavy atom. The van der Waals surface area contributed by atoms with E-state index in [1.165, 1.54) is 22.8 Å². The van der Waals surface area contributed by atoms with Crippen molar-refractivity contribution in [1.29, 1.82) is 0 Å². The monoisotopic (exact) mass is 509 g/mol. The molecule has 6 nitrogen and oxygen atoms in total. The van der Waals surface area contributed by atoms with Crippen LogP contribution in [0.4, 0.5) is 23.7 Å². The van der Waals surface area contributed by atoms with Crippen LogP contribution in [0.5, 0.6) is 0 Å². The number of nitrogens with zero attached hydrogens (tertiary/aromatic N) is 4. The molecule has 0 atom stereocenters. The standard InChI is InChI=1S/C26H22F3N5OS/c1-33-23-11-10-17(15-21(23)31-24(33)18-6-5-7-19(14-18)26(27,28)29)22-16-36-25(35)34(32-22)13-12-30-20-8-3-2-4-9-20/h2-11,14-15,30H,12-13,16H2,1H3. The van der Waals surface area contributed by atoms with E-state index in [4.69, 9.17) is 0 Å². The van der Waals surface area contributed by atoms with E-state index >= 15 is 0 Å². The SMILES string of the molecule is Cn1c(-c2cccc(C(F)(F)F)c2)nc2cc(C3=NN(CCNc4ccccc4)C(=O)SC3)ccc21. The topological polar surface area (TPSA) is 62.5 Å². The van der Waals surface area contributed by atoms with Gasteiger partial charge in [0.05, 0.1) is 28.9 Å². The number of aryl methyl sites for hydroxylation is 1. The molecule has 1 aliphatic heterocycles. The van der Waals surface area contributed by atoms with Crippen LogP contribution in [0.25, 0.3) is 22.4 Å². The van der Waals surface area contributed by atoms with E-state index in [1.807, 2.05) is 48.5 Å². The highest BCUT2D eigenvalue weighted by Gasteiger charge is 2.31. The molecular weight excluding hydrogens is 487 g/mol. The van der Waals surface area contributed by atoms with Crippen molar-refractivity contribution >= 4 is 39.4 Å². The number of para-hydroxylation sites is 1. The van der Waals surface area contributed by atoms with Crippen molar-refractivity contribution in [3.05, 3.63) is 83.9 Å². The van der Waals surface area contributed by atoms with E-state index in [0.717, 1.165) is 34.6 Å². The summed E-state index contributed by atoms with van der Waals surface area (Å²) in [6.45, 7) is 0.961. The molecule has 0 bridgehead atoms. The number of hydrogen-bond acceptors (Lipinski definition) is 5. The van der Waals surface area contributed by atoms with Gasteiger partial charge in [-0.2, -0.15) is 18.3 Å². The lowest BCUT2D eigenvalue weighted by Crippen LogP contribution is -2.33. The lowest BCUT2D eigenvalue weighted by Gasteiger charge is -2.23. The Hall–Kier alpha value is -3.79. The summed E-state index contributed by atoms with van der Waals surface area (Å²) in [6.07, 6.45) is -4.43. The first kappa shape index (κ1) is 23.9. The smallest absolute Gasteiger partial charge is 0.383 e. The number of rotatable bonds is 6. The zero-order valence-corrected chi connectivity index (χ0v) is 20.1. The third kappa shape index (κ3) is 4.94. The minimum atomic E-state index is -4.43. The average molecular weight is 510 g/mol. The fraction of sp³-hybridized carbons (Fsp3) is 0.192. The summed E-state index contributed by atoms with van der Waals surface area (Å²) >= 11 is 1.19. The highest BCUT2D eigenvalue weighted by Crippen LogP contribution is 2.33. The fourth-order valence-electron chi connectivity index (χ4n) is 4.04. The number of anilines is 1. The van der Waals surface area contributed by atoms with E-state index in [1.54, 1.807) is 17.7 Å². The van der Waals surface area contributed by atoms with E-state index in [0.29, 0.717) is 35.7 Å². The minimum absolute atomic E-state index is 0.112. The van der Waals surface area contributed by atoms with Gasteiger partial charge in [-0.25, -0.2) is 9.99 Å². The third-order valence-corrected chi connectivity index (χ3v) is 6.75. The number of aromatic nitrogens is 2. The molecule has 2 heterocycles. The van der Waals surface area contributed by atoms with Crippen LogP contribution < -0.4 is 5.32 Å². The molecule has 3 aromatic carbocycles. The number of imidazole rings is 1. The van der Waals surface area contributed by atoms with Gasteiger partial charge in [-0.1, -0.05) is 48.2 Å². The quantitative estimate of drug-likeness (QED) is 0.334. The number of fused-ring (bicyclic) bond motifs is 1. The van der Waals surface area contributed by atoms with Gasteiger partial charge in [0, 0.05) is 36.2 Å². The van der Waals surface area contributed by atoms with Crippen LogP contribution in [-0.2, 0) is 13.2 Å². The van der Waals surface area contributed by atoms with E-state index < -0.39 is 11.7 Å². The van der Waals surface area contributed by atoms with Gasteiger partial charge < -0.3 is 9.88 Å². The largest absolute Gasteiger partial charge is 0.416 e. The lowest BCUT2D eigenvalue weighted by atomic mass is 10.1. The molecule has 0 radical (unpaired) electrons. The number of alkyl halides is 3. The molecule has 36 heavy (non-hydrogen) atoms. The van der Waals surface area contributed by atoms with Crippen LogP contribution in [0.1, 0.15) is 11.1 Å². The third-order valence-electron chi connectivity index (χ3n) is 5.87. The maximum absolute atomic E-state index is 13.2. The maximum atomic E-state index is 13.2. The molecule has 1 aromatic heterocycles. The van der Waals surface area contributed by atoms with Crippen molar-refractivity contribution in [2.24, 2.45) is 12.1 Å². The number of halogens is 3. The summed E-state index contributed by atoms with van der Waals surface area (Å²) in [5.74, 6) is 0.872. The molecule has 5 rings (SSSR count). The molecule has 0 unspecified atom stereocenters. The normalized spacial score (nSPS) is 14.3. The van der Waals surface area contributed by atoms with Gasteiger partial charge in [0.25, 0.3) is 0 Å². The van der Waals surface area contributed by atoms with E-state index in [9.17, 15) is 18.0 Å². The Morgan fingerprint density at radius 3 is 2.58 bits per heavy atom. The lowest BCUT2D eigenvalue weighted by molar-refractivity contribution is -0.137. The van der Waals surface area contributed by atoms with Crippen LogP contribution >= 0.6 is 11.8 Å². The predicted octanol–water partition coefficient (Wildman–Crippen LogP) is 6.24. The van der Waals surface area contributed by atoms with Crippen LogP contribution in [0.2, 0.25) is 0 Å². The first-order valence-corrected chi connectivity index (χ1v) is 12.2. The molecule has 0 spiro atoms. The molecular formula is C26H22F3N5OS. The summed E-state index contributed by atoms with van der Waals surface area (Å²) in [5.41, 5.74) is 3.63. The summed E-state index contributed by atoms with van der Waals surface area (Å²) in [4.78, 5) is 17.0. The molecule has 0 saturated heterocycles. The van der Waals surface area contributed by atoms with Crippen LogP contribution in [0.3, 0.4) is 0 Å². The molecule has 1 amide bonds. The Kier molecular flexibility index (Phi) is 6.44. The van der Waals surface area contributed by atoms with Crippen LogP contribution in [0.15, 0.2) is 77.9 Å². The predicted molar refractivity (Wildman–Crippen MR) is 137 cm³/mol. The molecule has 184 valence electrons. The molecule has 0 aliphatic carbocycles. The van der Waals surface area contributed by atoms with Crippen molar-refractivity contribution in [1.82, 2.24) is 14.6 Å². The number of carbonyl (C=O) groups is 1. The number of amides is 1. The van der Waals surface area contributed by atoms with Crippen molar-refractivity contribution in [2.75, 3.05) is 24.2 Å². The van der Waals surface area contributed by atoms with Crippen molar-refractivity contribution in [3.8, 4) is 11.4 Å². The summed E-state index contributed by atoms with van der Waals surface area (Å²) < 4.78 is 41.4. The van der Waals surface area contributed by atoms with Crippen molar-refractivity contribution in [3.63, 3.8) is 0 Å². The summed E-state index contributed by atoms with van der Waals surface area (Å²) in [6, 6.07) is 20.5. The molecule has 4 aromatic rings. The number of carbonyl (C=O) groups excluding carboxylic acids is 1. The van der Waals surface area contributed by atoms with Gasteiger partial charge >= 0.3 is 11.4 Å². The first-order valence-electron chi connectivity index (χ1n) is 11.2. The molecule has 0 fully saturated rings. The van der Waals surface area contributed by atoms with Crippen LogP contribution in [0, 0.1) is 0 Å². The fourth-order valence-corrected chi connectivity index (χ4v) is 4.80. The number of thioether (sulfide) groups is 1. The minimum Gasteiger partial charge on any atom is -0.383 e. The first-order chi connectivity index (χ1) is 17.3. The van der Waals surface area contributed by atoms with Gasteiger partial charge in [-0.15, -0.1) is 0 Å². The second-order valence-corrected chi connectivity index (χ2v) is 9.22. The van der Waals surface area contributed by atoms with Gasteiger partial charge in [0.1, 0.15) is 5.82 Å². The van der Waals surface area contributed by atoms with Crippen molar-refractivity contribution < 1.29 is 18.0 Å². The Morgan fingerprint density at radius 2 is 1.81 bits per heavy atom. The molecule has 1 N–H and O–H groups in total. The second kappa shape index (κ2) is 9.69. The summed E-state index contributed by atoms with van der Waals surface area (Å²) in [7, 11) is 1.78. The molecule has 10 heteroatoms. The van der Waals surface area contributed by atoms with Crippen LogP contribution in [-0.4, -0.2) is 44.4 Å². The average Bonchev–Trinajstić information content (AvgIpc) is 3.21. The Balaban J connectivity index is 1.39. The van der Waals surface area contributed by atoms with E-state index in [2.05, 4.69) is 15.4 Å². The highest BCUT2D eigenvalue weighted by atomic mass is 32.2. The number of hydrazone groups is 1. The molecule has 0 saturated carbocycles. The van der Waals surface area contributed by atoms with Gasteiger partial charge in [-0.3, -0.25) is 4.79 Å². The Bertz CT molecular complexity index is 1450. The van der Waals surface area contributed by atoms with Gasteiger partial charge in [-0.05, 0) is 36.4 Å².